The first-order valence-corrected chi connectivity index (χ1v) is 7.71. The largest absolute Gasteiger partial charge is 0.387 e. The minimum absolute atomic E-state index is 0.00932. The van der Waals surface area contributed by atoms with Gasteiger partial charge in [-0.05, 0) is 39.1 Å². The lowest BCUT2D eigenvalue weighted by atomic mass is 9.92. The monoisotopic (exact) mass is 301 g/mol. The second kappa shape index (κ2) is 5.74. The number of aromatic amines is 1. The zero-order chi connectivity index (χ0) is 15.7. The third kappa shape index (κ3) is 2.87. The highest BCUT2D eigenvalue weighted by Crippen LogP contribution is 2.25. The predicted octanol–water partition coefficient (Wildman–Crippen LogP) is 1.70. The van der Waals surface area contributed by atoms with Crippen molar-refractivity contribution < 1.29 is 9.90 Å². The Bertz CT molecular complexity index is 679. The number of likely N-dealkylation sites (tertiary alicyclic amines) is 1. The highest BCUT2D eigenvalue weighted by atomic mass is 16.3. The lowest BCUT2D eigenvalue weighted by molar-refractivity contribution is -0.0391. The number of hydrogen-bond acceptors (Lipinski definition) is 3. The fourth-order valence-corrected chi connectivity index (χ4v) is 3.44. The van der Waals surface area contributed by atoms with Crippen molar-refractivity contribution in [1.82, 2.24) is 14.8 Å². The van der Waals surface area contributed by atoms with Gasteiger partial charge in [0.05, 0.1) is 23.2 Å². The number of likely N-dealkylation sites (N-methyl/N-ethyl adjacent to an activating group) is 1. The molecule has 22 heavy (non-hydrogen) atoms. The summed E-state index contributed by atoms with van der Waals surface area (Å²) in [6.45, 7) is 1.66. The summed E-state index contributed by atoms with van der Waals surface area (Å²) in [6, 6.07) is 7.70. The molecule has 3 rings (SSSR count). The standard InChI is InChI=1S/C17H23N3O2/c1-19(2)11-17(22)8-4-10-20(12-17)16(21)14-6-3-5-13-7-9-18-15(13)14/h3,5-7,9,18,22H,4,8,10-12H2,1-2H3/t17-/m1/s1. The van der Waals surface area contributed by atoms with Gasteiger partial charge in [0, 0.05) is 24.7 Å². The van der Waals surface area contributed by atoms with E-state index in [2.05, 4.69) is 4.98 Å². The predicted molar refractivity (Wildman–Crippen MR) is 86.9 cm³/mol. The van der Waals surface area contributed by atoms with Gasteiger partial charge in [0.15, 0.2) is 0 Å². The van der Waals surface area contributed by atoms with Crippen LogP contribution in [0.2, 0.25) is 0 Å². The molecule has 0 bridgehead atoms. The average Bonchev–Trinajstić information content (AvgIpc) is 2.93. The topological polar surface area (TPSA) is 59.6 Å². The number of para-hydroxylation sites is 1. The summed E-state index contributed by atoms with van der Waals surface area (Å²) < 4.78 is 0. The quantitative estimate of drug-likeness (QED) is 0.907. The number of fused-ring (bicyclic) bond motifs is 1. The number of aliphatic hydroxyl groups is 1. The van der Waals surface area contributed by atoms with Crippen LogP contribution in [0, 0.1) is 0 Å². The zero-order valence-corrected chi connectivity index (χ0v) is 13.2. The molecule has 1 aromatic heterocycles. The van der Waals surface area contributed by atoms with E-state index in [0.29, 0.717) is 25.2 Å². The molecule has 1 aromatic carbocycles. The Kier molecular flexibility index (Phi) is 3.93. The van der Waals surface area contributed by atoms with Gasteiger partial charge in [0.25, 0.3) is 5.91 Å². The Morgan fingerprint density at radius 1 is 1.41 bits per heavy atom. The minimum atomic E-state index is -0.818. The number of benzene rings is 1. The lowest BCUT2D eigenvalue weighted by Crippen LogP contribution is -2.54. The first kappa shape index (κ1) is 15.1. The molecule has 0 aliphatic carbocycles. The molecule has 2 heterocycles. The highest BCUT2D eigenvalue weighted by Gasteiger charge is 2.36. The summed E-state index contributed by atoms with van der Waals surface area (Å²) in [7, 11) is 3.89. The number of amides is 1. The molecule has 5 heteroatoms. The molecule has 1 fully saturated rings. The number of rotatable bonds is 3. The van der Waals surface area contributed by atoms with Crippen LogP contribution in [0.25, 0.3) is 10.9 Å². The van der Waals surface area contributed by atoms with E-state index in [-0.39, 0.29) is 5.91 Å². The number of carbonyl (C=O) groups excluding carboxylic acids is 1. The summed E-state index contributed by atoms with van der Waals surface area (Å²) in [5, 5.41) is 11.8. The summed E-state index contributed by atoms with van der Waals surface area (Å²) in [6.07, 6.45) is 3.42. The van der Waals surface area contributed by atoms with E-state index in [1.54, 1.807) is 4.90 Å². The van der Waals surface area contributed by atoms with E-state index >= 15 is 0 Å². The number of carbonyl (C=O) groups is 1. The van der Waals surface area contributed by atoms with E-state index in [1.807, 2.05) is 49.5 Å². The van der Waals surface area contributed by atoms with E-state index in [0.717, 1.165) is 23.7 Å². The van der Waals surface area contributed by atoms with Gasteiger partial charge in [-0.1, -0.05) is 12.1 Å². The van der Waals surface area contributed by atoms with Crippen LogP contribution in [0.5, 0.6) is 0 Å². The molecule has 0 spiro atoms. The van der Waals surface area contributed by atoms with Crippen molar-refractivity contribution in [3.8, 4) is 0 Å². The van der Waals surface area contributed by atoms with Crippen molar-refractivity contribution in [2.75, 3.05) is 33.7 Å². The normalized spacial score (nSPS) is 22.5. The number of nitrogens with zero attached hydrogens (tertiary/aromatic N) is 2. The first-order valence-electron chi connectivity index (χ1n) is 7.71. The van der Waals surface area contributed by atoms with Crippen LogP contribution in [0.3, 0.4) is 0 Å². The van der Waals surface area contributed by atoms with Crippen molar-refractivity contribution in [2.45, 2.75) is 18.4 Å². The second-order valence-corrected chi connectivity index (χ2v) is 6.54. The van der Waals surface area contributed by atoms with Gasteiger partial charge in [0.2, 0.25) is 0 Å². The molecule has 0 unspecified atom stereocenters. The maximum atomic E-state index is 12.9. The van der Waals surface area contributed by atoms with Crippen LogP contribution >= 0.6 is 0 Å². The Labute approximate surface area is 130 Å². The number of hydrogen-bond donors (Lipinski definition) is 2. The van der Waals surface area contributed by atoms with E-state index in [1.165, 1.54) is 0 Å². The molecular weight excluding hydrogens is 278 g/mol. The van der Waals surface area contributed by atoms with Gasteiger partial charge >= 0.3 is 0 Å². The number of nitrogens with one attached hydrogen (secondary N) is 1. The van der Waals surface area contributed by atoms with Gasteiger partial charge < -0.3 is 19.9 Å². The van der Waals surface area contributed by atoms with Crippen LogP contribution in [-0.2, 0) is 0 Å². The summed E-state index contributed by atoms with van der Waals surface area (Å²) in [4.78, 5) is 19.8. The van der Waals surface area contributed by atoms with E-state index in [9.17, 15) is 9.90 Å². The smallest absolute Gasteiger partial charge is 0.256 e. The van der Waals surface area contributed by atoms with Crippen molar-refractivity contribution in [3.63, 3.8) is 0 Å². The Morgan fingerprint density at radius 3 is 3.00 bits per heavy atom. The Morgan fingerprint density at radius 2 is 2.23 bits per heavy atom. The zero-order valence-electron chi connectivity index (χ0n) is 13.2. The Hall–Kier alpha value is -1.85. The van der Waals surface area contributed by atoms with Gasteiger partial charge in [-0.3, -0.25) is 4.79 Å². The van der Waals surface area contributed by atoms with Crippen LogP contribution in [0.15, 0.2) is 30.5 Å². The summed E-state index contributed by atoms with van der Waals surface area (Å²) in [5.41, 5.74) is 0.729. The summed E-state index contributed by atoms with van der Waals surface area (Å²) >= 11 is 0. The SMILES string of the molecule is CN(C)C[C@]1(O)CCCN(C(=O)c2cccc3cc[nH]c23)C1. The van der Waals surface area contributed by atoms with Gasteiger partial charge in [-0.25, -0.2) is 0 Å². The Balaban J connectivity index is 1.84. The van der Waals surface area contributed by atoms with Crippen molar-refractivity contribution >= 4 is 16.8 Å². The molecule has 2 aromatic rings. The van der Waals surface area contributed by atoms with Gasteiger partial charge in [-0.2, -0.15) is 0 Å². The van der Waals surface area contributed by atoms with Gasteiger partial charge in [0.1, 0.15) is 0 Å². The number of aromatic nitrogens is 1. The van der Waals surface area contributed by atoms with Crippen LogP contribution in [0.4, 0.5) is 0 Å². The average molecular weight is 301 g/mol. The third-order valence-corrected chi connectivity index (χ3v) is 4.27. The molecule has 2 N–H and O–H groups in total. The molecule has 1 saturated heterocycles. The number of piperidine rings is 1. The molecule has 0 radical (unpaired) electrons. The fraction of sp³-hybridized carbons (Fsp3) is 0.471. The van der Waals surface area contributed by atoms with Crippen molar-refractivity contribution in [1.29, 1.82) is 0 Å². The highest BCUT2D eigenvalue weighted by molar-refractivity contribution is 6.05. The molecule has 118 valence electrons. The molecule has 1 amide bonds. The molecule has 0 saturated carbocycles. The minimum Gasteiger partial charge on any atom is -0.387 e. The van der Waals surface area contributed by atoms with Crippen LogP contribution in [0.1, 0.15) is 23.2 Å². The van der Waals surface area contributed by atoms with Crippen molar-refractivity contribution in [2.24, 2.45) is 0 Å². The fourth-order valence-electron chi connectivity index (χ4n) is 3.44. The first-order chi connectivity index (χ1) is 10.5. The van der Waals surface area contributed by atoms with Crippen LogP contribution < -0.4 is 0 Å². The third-order valence-electron chi connectivity index (χ3n) is 4.27. The lowest BCUT2D eigenvalue weighted by Gasteiger charge is -2.40. The molecule has 5 nitrogen and oxygen atoms in total. The molecule has 1 atom stereocenters. The van der Waals surface area contributed by atoms with E-state index in [4.69, 9.17) is 0 Å². The maximum Gasteiger partial charge on any atom is 0.256 e. The van der Waals surface area contributed by atoms with Crippen molar-refractivity contribution in [3.05, 3.63) is 36.0 Å². The molecule has 1 aliphatic rings. The van der Waals surface area contributed by atoms with Crippen LogP contribution in [-0.4, -0.2) is 65.1 Å². The second-order valence-electron chi connectivity index (χ2n) is 6.54. The number of β-amino-alcohol motifs (C(OH)–C–C–N with tert-alkyl or cyclic N) is 1. The molecule has 1 aliphatic heterocycles. The van der Waals surface area contributed by atoms with E-state index < -0.39 is 5.60 Å². The molecular formula is C17H23N3O2. The maximum absolute atomic E-state index is 12.9. The summed E-state index contributed by atoms with van der Waals surface area (Å²) in [5.74, 6) is -0.00932. The number of H-pyrrole nitrogens is 1. The van der Waals surface area contributed by atoms with Gasteiger partial charge in [-0.15, -0.1) is 0 Å².